The number of aromatic nitrogens is 1. The first-order valence-electron chi connectivity index (χ1n) is 4.25. The fourth-order valence-electron chi connectivity index (χ4n) is 0.809. The van der Waals surface area contributed by atoms with E-state index in [1.165, 1.54) is 18.3 Å². The summed E-state index contributed by atoms with van der Waals surface area (Å²) in [5, 5.41) is 0. The molecule has 0 saturated heterocycles. The Bertz CT molecular complexity index is 331. The van der Waals surface area contributed by atoms with Gasteiger partial charge in [-0.25, -0.2) is 13.8 Å². The van der Waals surface area contributed by atoms with E-state index in [4.69, 9.17) is 11.6 Å². The van der Waals surface area contributed by atoms with Crippen molar-refractivity contribution in [2.24, 2.45) is 0 Å². The topological polar surface area (TPSA) is 22.1 Å². The largest absolute Gasteiger partial charge is 0.471 e. The first-order chi connectivity index (χ1) is 7.45. The molecule has 0 N–H and O–H groups in total. The Morgan fingerprint density at radius 2 is 2.06 bits per heavy atom. The Morgan fingerprint density at radius 3 is 2.50 bits per heavy atom. The summed E-state index contributed by atoms with van der Waals surface area (Å²) in [5.41, 5.74) is 0.676. The summed E-state index contributed by atoms with van der Waals surface area (Å²) in [6.45, 7) is -1.40. The molecule has 2 nitrogen and oxygen atoms in total. The maximum Gasteiger partial charge on any atom is 0.340 e. The molecule has 1 rings (SSSR count). The maximum atomic E-state index is 12.5. The van der Waals surface area contributed by atoms with Gasteiger partial charge in [0.1, 0.15) is 0 Å². The van der Waals surface area contributed by atoms with E-state index in [2.05, 4.69) is 9.72 Å². The molecule has 7 heteroatoms. The maximum absolute atomic E-state index is 12.5. The van der Waals surface area contributed by atoms with Crippen molar-refractivity contribution >= 4 is 11.6 Å². The SMILES string of the molecule is FC(F)C(F)(F)COc1ccc(CCl)cn1. The average Bonchev–Trinajstić information content (AvgIpc) is 2.27. The summed E-state index contributed by atoms with van der Waals surface area (Å²) >= 11 is 5.47. The van der Waals surface area contributed by atoms with Crippen LogP contribution in [0, 0.1) is 0 Å². The van der Waals surface area contributed by atoms with Gasteiger partial charge in [-0.05, 0) is 5.56 Å². The van der Waals surface area contributed by atoms with Crippen molar-refractivity contribution in [3.8, 4) is 5.88 Å². The van der Waals surface area contributed by atoms with Crippen molar-refractivity contribution in [2.45, 2.75) is 18.2 Å². The van der Waals surface area contributed by atoms with Gasteiger partial charge in [-0.3, -0.25) is 0 Å². The van der Waals surface area contributed by atoms with Crippen LogP contribution in [0.25, 0.3) is 0 Å². The first-order valence-corrected chi connectivity index (χ1v) is 4.79. The van der Waals surface area contributed by atoms with Gasteiger partial charge in [0.25, 0.3) is 0 Å². The molecule has 0 aliphatic carbocycles. The van der Waals surface area contributed by atoms with Crippen LogP contribution in [0.3, 0.4) is 0 Å². The van der Waals surface area contributed by atoms with E-state index in [1.807, 2.05) is 0 Å². The molecule has 0 aliphatic rings. The zero-order valence-corrected chi connectivity index (χ0v) is 8.72. The summed E-state index contributed by atoms with van der Waals surface area (Å²) in [7, 11) is 0. The number of pyridine rings is 1. The van der Waals surface area contributed by atoms with Crippen molar-refractivity contribution in [1.29, 1.82) is 0 Å². The molecule has 16 heavy (non-hydrogen) atoms. The predicted molar refractivity (Wildman–Crippen MR) is 50.2 cm³/mol. The molecule has 0 atom stereocenters. The lowest BCUT2D eigenvalue weighted by molar-refractivity contribution is -0.148. The van der Waals surface area contributed by atoms with Gasteiger partial charge in [0.15, 0.2) is 6.61 Å². The highest BCUT2D eigenvalue weighted by Crippen LogP contribution is 2.23. The number of hydrogen-bond acceptors (Lipinski definition) is 2. The Hall–Kier alpha value is -1.04. The molecule has 0 fully saturated rings. The highest BCUT2D eigenvalue weighted by molar-refractivity contribution is 6.17. The van der Waals surface area contributed by atoms with Crippen molar-refractivity contribution in [2.75, 3.05) is 6.61 Å². The van der Waals surface area contributed by atoms with E-state index < -0.39 is 19.0 Å². The Labute approximate surface area is 94.2 Å². The normalized spacial score (nSPS) is 11.9. The van der Waals surface area contributed by atoms with E-state index >= 15 is 0 Å². The fourth-order valence-corrected chi connectivity index (χ4v) is 0.967. The van der Waals surface area contributed by atoms with Crippen molar-refractivity contribution < 1.29 is 22.3 Å². The van der Waals surface area contributed by atoms with Crippen LogP contribution in [-0.4, -0.2) is 23.9 Å². The Balaban J connectivity index is 2.54. The summed E-state index contributed by atoms with van der Waals surface area (Å²) in [6.07, 6.45) is -2.43. The van der Waals surface area contributed by atoms with Gasteiger partial charge in [0.05, 0.1) is 0 Å². The molecule has 1 aromatic heterocycles. The van der Waals surface area contributed by atoms with Crippen molar-refractivity contribution in [3.05, 3.63) is 23.9 Å². The molecule has 0 saturated carbocycles. The molecule has 0 aliphatic heterocycles. The van der Waals surface area contributed by atoms with E-state index in [9.17, 15) is 17.6 Å². The minimum Gasteiger partial charge on any atom is -0.471 e. The van der Waals surface area contributed by atoms with Gasteiger partial charge in [0.2, 0.25) is 5.88 Å². The molecule has 0 aromatic carbocycles. The van der Waals surface area contributed by atoms with Crippen LogP contribution in [-0.2, 0) is 5.88 Å². The third kappa shape index (κ3) is 3.52. The lowest BCUT2D eigenvalue weighted by atomic mass is 10.3. The van der Waals surface area contributed by atoms with E-state index in [0.29, 0.717) is 5.56 Å². The van der Waals surface area contributed by atoms with Gasteiger partial charge in [0, 0.05) is 18.1 Å². The van der Waals surface area contributed by atoms with Crippen molar-refractivity contribution in [1.82, 2.24) is 4.98 Å². The molecule has 0 bridgehead atoms. The number of hydrogen-bond donors (Lipinski definition) is 0. The number of alkyl halides is 5. The van der Waals surface area contributed by atoms with Gasteiger partial charge >= 0.3 is 12.3 Å². The lowest BCUT2D eigenvalue weighted by Crippen LogP contribution is -2.33. The number of nitrogens with zero attached hydrogens (tertiary/aromatic N) is 1. The minimum atomic E-state index is -4.17. The van der Waals surface area contributed by atoms with Crippen LogP contribution in [0.2, 0.25) is 0 Å². The van der Waals surface area contributed by atoms with Crippen LogP contribution in [0.5, 0.6) is 5.88 Å². The van der Waals surface area contributed by atoms with Crippen LogP contribution in [0.15, 0.2) is 18.3 Å². The predicted octanol–water partition coefficient (Wildman–Crippen LogP) is 3.10. The lowest BCUT2D eigenvalue weighted by Gasteiger charge is -2.15. The molecule has 0 radical (unpaired) electrons. The summed E-state index contributed by atoms with van der Waals surface area (Å²) in [5.74, 6) is -4.10. The molecule has 1 aromatic rings. The molecule has 90 valence electrons. The highest BCUT2D eigenvalue weighted by atomic mass is 35.5. The van der Waals surface area contributed by atoms with E-state index in [-0.39, 0.29) is 11.8 Å². The molecular weight excluding hydrogens is 250 g/mol. The Morgan fingerprint density at radius 1 is 1.38 bits per heavy atom. The fraction of sp³-hybridized carbons (Fsp3) is 0.444. The molecular formula is C9H8ClF4NO. The van der Waals surface area contributed by atoms with Gasteiger partial charge in [-0.2, -0.15) is 8.78 Å². The van der Waals surface area contributed by atoms with E-state index in [0.717, 1.165) is 0 Å². The summed E-state index contributed by atoms with van der Waals surface area (Å²) in [4.78, 5) is 3.63. The third-order valence-corrected chi connectivity index (χ3v) is 1.99. The zero-order chi connectivity index (χ0) is 12.2. The zero-order valence-electron chi connectivity index (χ0n) is 7.97. The van der Waals surface area contributed by atoms with E-state index in [1.54, 1.807) is 0 Å². The standard InChI is InChI=1S/C9H8ClF4NO/c10-3-6-1-2-7(15-4-6)16-5-9(13,14)8(11)12/h1-2,4,8H,3,5H2. The summed E-state index contributed by atoms with van der Waals surface area (Å²) < 4.78 is 52.9. The smallest absolute Gasteiger partial charge is 0.340 e. The molecule has 1 heterocycles. The van der Waals surface area contributed by atoms with Crippen molar-refractivity contribution in [3.63, 3.8) is 0 Å². The quantitative estimate of drug-likeness (QED) is 0.597. The Kier molecular flexibility index (Phi) is 4.35. The number of ether oxygens (including phenoxy) is 1. The van der Waals surface area contributed by atoms with Crippen LogP contribution in [0.1, 0.15) is 5.56 Å². The second-order valence-electron chi connectivity index (χ2n) is 2.99. The molecule has 0 amide bonds. The summed E-state index contributed by atoms with van der Waals surface area (Å²) in [6, 6.07) is 2.80. The molecule has 0 unspecified atom stereocenters. The average molecular weight is 258 g/mol. The molecule has 0 spiro atoms. The third-order valence-electron chi connectivity index (χ3n) is 1.68. The van der Waals surface area contributed by atoms with Crippen LogP contribution in [0.4, 0.5) is 17.6 Å². The first kappa shape index (κ1) is 13.0. The van der Waals surface area contributed by atoms with Gasteiger partial charge in [-0.1, -0.05) is 6.07 Å². The second kappa shape index (κ2) is 5.34. The monoisotopic (exact) mass is 257 g/mol. The number of halogens is 5. The van der Waals surface area contributed by atoms with Gasteiger partial charge in [-0.15, -0.1) is 11.6 Å². The van der Waals surface area contributed by atoms with Crippen LogP contribution >= 0.6 is 11.6 Å². The van der Waals surface area contributed by atoms with Crippen LogP contribution < -0.4 is 4.74 Å². The highest BCUT2D eigenvalue weighted by Gasteiger charge is 2.41. The van der Waals surface area contributed by atoms with Gasteiger partial charge < -0.3 is 4.74 Å². The number of rotatable bonds is 5. The second-order valence-corrected chi connectivity index (χ2v) is 3.26. The minimum absolute atomic E-state index is 0.144.